The van der Waals surface area contributed by atoms with Crippen molar-refractivity contribution in [2.24, 2.45) is 0 Å². The van der Waals surface area contributed by atoms with E-state index < -0.39 is 10.7 Å². The molecule has 0 aromatic heterocycles. The van der Waals surface area contributed by atoms with Crippen LogP contribution in [0.25, 0.3) is 11.1 Å². The summed E-state index contributed by atoms with van der Waals surface area (Å²) in [6.45, 7) is 3.60. The molecule has 0 saturated carbocycles. The summed E-state index contributed by atoms with van der Waals surface area (Å²) in [5, 5.41) is 8.75. The van der Waals surface area contributed by atoms with Gasteiger partial charge in [0.2, 0.25) is 0 Å². The Hall–Kier alpha value is -1.49. The maximum Gasteiger partial charge on any atom is 0.321 e. The lowest BCUT2D eigenvalue weighted by Crippen LogP contribution is -2.46. The summed E-state index contributed by atoms with van der Waals surface area (Å²) in [6.07, 6.45) is 0. The second-order valence-electron chi connectivity index (χ2n) is 6.28. The largest absolute Gasteiger partial charge is 0.452 e. The van der Waals surface area contributed by atoms with Crippen molar-refractivity contribution < 1.29 is 14.3 Å². The first-order valence-corrected chi connectivity index (χ1v) is 7.61. The van der Waals surface area contributed by atoms with Gasteiger partial charge >= 0.3 is 22.4 Å². The van der Waals surface area contributed by atoms with Crippen molar-refractivity contribution in [2.75, 3.05) is 7.11 Å². The smallest absolute Gasteiger partial charge is 0.321 e. The second kappa shape index (κ2) is 6.19. The van der Waals surface area contributed by atoms with Crippen LogP contribution in [-0.2, 0) is 14.5 Å². The van der Waals surface area contributed by atoms with Crippen molar-refractivity contribution in [3.63, 3.8) is 0 Å². The van der Waals surface area contributed by atoms with E-state index in [1.165, 1.54) is 11.1 Å². The van der Waals surface area contributed by atoms with Gasteiger partial charge in [0.15, 0.2) is 0 Å². The fourth-order valence-corrected chi connectivity index (χ4v) is 3.05. The summed E-state index contributed by atoms with van der Waals surface area (Å²) in [5.41, 5.74) is 3.78. The molecule has 1 aliphatic rings. The number of hydrogen-bond donors (Lipinski definition) is 1. The highest BCUT2D eigenvalue weighted by Crippen LogP contribution is 2.48. The maximum atomic E-state index is 9.36. The standard InChI is InChI=1S/C17H18B3O3/c1-16(2,18-21)23-20-17(19-22-3)14-10-6-4-8-12(14)13-9-5-7-11-15(13)17/h4-11,21H,1-3H3. The van der Waals surface area contributed by atoms with Crippen LogP contribution in [0.5, 0.6) is 0 Å². The zero-order valence-corrected chi connectivity index (χ0v) is 13.6. The fraction of sp³-hybridized carbons (Fsp3) is 0.294. The van der Waals surface area contributed by atoms with Gasteiger partial charge in [-0.3, -0.25) is 0 Å². The van der Waals surface area contributed by atoms with Gasteiger partial charge in [-0.2, -0.15) is 0 Å². The Morgan fingerprint density at radius 1 is 0.913 bits per heavy atom. The highest BCUT2D eigenvalue weighted by Gasteiger charge is 2.47. The Balaban J connectivity index is 2.11. The molecule has 23 heavy (non-hydrogen) atoms. The SMILES string of the molecule is CO[B]C1([B]OC(C)(C)[B]O)c2ccccc2-c2ccccc21. The average molecular weight is 303 g/mol. The van der Waals surface area contributed by atoms with Gasteiger partial charge in [0.25, 0.3) is 0 Å². The minimum atomic E-state index is -0.777. The molecule has 0 heterocycles. The number of fused-ring (bicyclic) bond motifs is 3. The lowest BCUT2D eigenvalue weighted by atomic mass is 9.42. The topological polar surface area (TPSA) is 38.7 Å². The van der Waals surface area contributed by atoms with Gasteiger partial charge in [0, 0.05) is 17.8 Å². The summed E-state index contributed by atoms with van der Waals surface area (Å²) < 4.78 is 11.3. The van der Waals surface area contributed by atoms with Gasteiger partial charge in [-0.15, -0.1) is 0 Å². The quantitative estimate of drug-likeness (QED) is 0.831. The molecule has 2 aromatic rings. The van der Waals surface area contributed by atoms with E-state index in [1.54, 1.807) is 35.9 Å². The molecule has 3 radical (unpaired) electrons. The van der Waals surface area contributed by atoms with Crippen LogP contribution in [0.4, 0.5) is 0 Å². The van der Waals surface area contributed by atoms with E-state index in [9.17, 15) is 5.02 Å². The Morgan fingerprint density at radius 3 is 1.91 bits per heavy atom. The average Bonchev–Trinajstić information content (AvgIpc) is 2.85. The molecule has 0 unspecified atom stereocenters. The van der Waals surface area contributed by atoms with Crippen LogP contribution in [-0.4, -0.2) is 40.1 Å². The van der Waals surface area contributed by atoms with E-state index in [-0.39, 0.29) is 0 Å². The highest BCUT2D eigenvalue weighted by atomic mass is 16.5. The molecule has 0 amide bonds. The molecular formula is C17H18B3O3. The first-order chi connectivity index (χ1) is 11.0. The molecule has 0 fully saturated rings. The first kappa shape index (κ1) is 16.4. The minimum Gasteiger partial charge on any atom is -0.452 e. The zero-order valence-electron chi connectivity index (χ0n) is 13.6. The van der Waals surface area contributed by atoms with E-state index in [1.807, 2.05) is 24.3 Å². The van der Waals surface area contributed by atoms with Crippen molar-refractivity contribution in [3.05, 3.63) is 59.7 Å². The van der Waals surface area contributed by atoms with Gasteiger partial charge in [-0.05, 0) is 36.1 Å². The van der Waals surface area contributed by atoms with E-state index in [2.05, 4.69) is 24.3 Å². The third-order valence-corrected chi connectivity index (χ3v) is 4.20. The molecule has 0 spiro atoms. The zero-order chi connectivity index (χ0) is 16.5. The summed E-state index contributed by atoms with van der Waals surface area (Å²) in [4.78, 5) is 0. The van der Waals surface area contributed by atoms with Gasteiger partial charge in [0.1, 0.15) is 0 Å². The van der Waals surface area contributed by atoms with Crippen molar-refractivity contribution >= 4 is 22.4 Å². The van der Waals surface area contributed by atoms with Crippen LogP contribution < -0.4 is 0 Å². The molecule has 6 heteroatoms. The predicted octanol–water partition coefficient (Wildman–Crippen LogP) is 2.12. The van der Waals surface area contributed by atoms with Gasteiger partial charge < -0.3 is 14.3 Å². The predicted molar refractivity (Wildman–Crippen MR) is 94.3 cm³/mol. The van der Waals surface area contributed by atoms with Crippen molar-refractivity contribution in [1.29, 1.82) is 0 Å². The molecule has 113 valence electrons. The summed E-state index contributed by atoms with van der Waals surface area (Å²) >= 11 is 0. The fourth-order valence-electron chi connectivity index (χ4n) is 3.05. The van der Waals surface area contributed by atoms with Gasteiger partial charge in [0.05, 0.1) is 0 Å². The van der Waals surface area contributed by atoms with Crippen LogP contribution in [0.3, 0.4) is 0 Å². The summed E-state index contributed by atoms with van der Waals surface area (Å²) in [7, 11) is 6.23. The number of rotatable bonds is 6. The van der Waals surface area contributed by atoms with Gasteiger partial charge in [-0.1, -0.05) is 48.5 Å². The molecule has 3 rings (SSSR count). The molecule has 0 saturated heterocycles. The Morgan fingerprint density at radius 2 is 1.43 bits per heavy atom. The monoisotopic (exact) mass is 303 g/mol. The van der Waals surface area contributed by atoms with Crippen LogP contribution in [0.2, 0.25) is 0 Å². The van der Waals surface area contributed by atoms with Gasteiger partial charge in [-0.25, -0.2) is 0 Å². The summed E-state index contributed by atoms with van der Waals surface area (Å²) in [6, 6.07) is 16.5. The molecule has 1 aliphatic carbocycles. The number of benzene rings is 2. The summed E-state index contributed by atoms with van der Waals surface area (Å²) in [5.74, 6) is 0. The van der Waals surface area contributed by atoms with Crippen molar-refractivity contribution in [3.8, 4) is 11.1 Å². The van der Waals surface area contributed by atoms with E-state index >= 15 is 0 Å². The van der Waals surface area contributed by atoms with Crippen LogP contribution in [0.1, 0.15) is 25.0 Å². The molecule has 0 aliphatic heterocycles. The Bertz CT molecular complexity index is 657. The molecule has 1 N–H and O–H groups in total. The molecule has 0 atom stereocenters. The third kappa shape index (κ3) is 2.76. The Kier molecular flexibility index (Phi) is 4.41. The van der Waals surface area contributed by atoms with Crippen molar-refractivity contribution in [1.82, 2.24) is 0 Å². The van der Waals surface area contributed by atoms with E-state index in [0.717, 1.165) is 18.6 Å². The number of hydrogen-bond acceptors (Lipinski definition) is 3. The lowest BCUT2D eigenvalue weighted by Gasteiger charge is -2.32. The van der Waals surface area contributed by atoms with Crippen molar-refractivity contribution in [2.45, 2.75) is 24.6 Å². The van der Waals surface area contributed by atoms with Crippen LogP contribution in [0.15, 0.2) is 48.5 Å². The van der Waals surface area contributed by atoms with Crippen LogP contribution >= 0.6 is 0 Å². The lowest BCUT2D eigenvalue weighted by molar-refractivity contribution is 0.184. The Labute approximate surface area is 139 Å². The first-order valence-electron chi connectivity index (χ1n) is 7.61. The molecule has 3 nitrogen and oxygen atoms in total. The van der Waals surface area contributed by atoms with E-state index in [0.29, 0.717) is 0 Å². The minimum absolute atomic E-state index is 0.609. The normalized spacial score (nSPS) is 14.8. The molecule has 0 bridgehead atoms. The highest BCUT2D eigenvalue weighted by molar-refractivity contribution is 6.59. The molecular weight excluding hydrogens is 285 g/mol. The van der Waals surface area contributed by atoms with E-state index in [4.69, 9.17) is 9.31 Å². The molecule has 2 aromatic carbocycles. The van der Waals surface area contributed by atoms with Crippen LogP contribution in [0, 0.1) is 0 Å². The second-order valence-corrected chi connectivity index (χ2v) is 6.28. The third-order valence-electron chi connectivity index (χ3n) is 4.20. The maximum absolute atomic E-state index is 9.36.